The fourth-order valence-corrected chi connectivity index (χ4v) is 2.63. The molecule has 7 nitrogen and oxygen atoms in total. The van der Waals surface area contributed by atoms with Gasteiger partial charge < -0.3 is 9.64 Å². The molecule has 0 spiro atoms. The molecule has 2 heterocycles. The first-order chi connectivity index (χ1) is 10.6. The molecule has 0 radical (unpaired) electrons. The highest BCUT2D eigenvalue weighted by molar-refractivity contribution is 6.10. The van der Waals surface area contributed by atoms with Crippen molar-refractivity contribution in [1.29, 1.82) is 0 Å². The minimum atomic E-state index is -0.588. The van der Waals surface area contributed by atoms with Crippen LogP contribution in [-0.2, 0) is 6.42 Å². The number of methoxy groups -OCH3 is 1. The van der Waals surface area contributed by atoms with Crippen LogP contribution >= 0.6 is 0 Å². The average Bonchev–Trinajstić information content (AvgIpc) is 2.97. The number of carbonyl (C=O) groups excluding carboxylic acids is 1. The van der Waals surface area contributed by atoms with Gasteiger partial charge in [0, 0.05) is 18.9 Å². The molecule has 0 saturated carbocycles. The van der Waals surface area contributed by atoms with E-state index in [1.807, 2.05) is 0 Å². The monoisotopic (exact) mass is 299 g/mol. The number of hydrogen-bond acceptors (Lipinski definition) is 5. The third kappa shape index (κ3) is 2.16. The van der Waals surface area contributed by atoms with Gasteiger partial charge in [-0.25, -0.2) is 0 Å². The zero-order valence-electron chi connectivity index (χ0n) is 11.9. The first-order valence-corrected chi connectivity index (χ1v) is 6.69. The van der Waals surface area contributed by atoms with Crippen molar-refractivity contribution in [3.63, 3.8) is 0 Å². The number of ether oxygens (including phenoxy) is 1. The van der Waals surface area contributed by atoms with Crippen LogP contribution in [-0.4, -0.2) is 29.5 Å². The summed E-state index contributed by atoms with van der Waals surface area (Å²) >= 11 is 0. The van der Waals surface area contributed by atoms with E-state index in [2.05, 4.69) is 4.98 Å². The molecule has 3 rings (SSSR count). The lowest BCUT2D eigenvalue weighted by molar-refractivity contribution is -0.386. The Hall–Kier alpha value is -2.96. The molecule has 0 saturated heterocycles. The van der Waals surface area contributed by atoms with E-state index in [0.717, 1.165) is 11.3 Å². The van der Waals surface area contributed by atoms with Crippen LogP contribution in [0.25, 0.3) is 0 Å². The van der Waals surface area contributed by atoms with Crippen LogP contribution in [0.5, 0.6) is 5.75 Å². The van der Waals surface area contributed by atoms with Crippen LogP contribution in [0.15, 0.2) is 36.7 Å². The van der Waals surface area contributed by atoms with E-state index in [1.54, 1.807) is 29.4 Å². The number of nitrogens with zero attached hydrogens (tertiary/aromatic N) is 3. The van der Waals surface area contributed by atoms with E-state index < -0.39 is 10.8 Å². The number of hydrogen-bond donors (Lipinski definition) is 0. The van der Waals surface area contributed by atoms with E-state index in [0.29, 0.717) is 13.0 Å². The lowest BCUT2D eigenvalue weighted by Crippen LogP contribution is -2.29. The highest BCUT2D eigenvalue weighted by Gasteiger charge is 2.32. The van der Waals surface area contributed by atoms with Crippen molar-refractivity contribution >= 4 is 17.3 Å². The van der Waals surface area contributed by atoms with Gasteiger partial charge in [-0.15, -0.1) is 0 Å². The fraction of sp³-hybridized carbons (Fsp3) is 0.200. The first kappa shape index (κ1) is 14.0. The molecule has 0 fully saturated rings. The molecule has 1 amide bonds. The molecule has 0 N–H and O–H groups in total. The number of nitro benzene ring substituents is 1. The van der Waals surface area contributed by atoms with Gasteiger partial charge in [-0.3, -0.25) is 19.9 Å². The summed E-state index contributed by atoms with van der Waals surface area (Å²) in [5.74, 6) is -0.333. The Bertz CT molecular complexity index is 760. The predicted octanol–water partition coefficient (Wildman–Crippen LogP) is 2.20. The van der Waals surface area contributed by atoms with Gasteiger partial charge in [0.25, 0.3) is 5.91 Å². The van der Waals surface area contributed by atoms with Gasteiger partial charge >= 0.3 is 5.69 Å². The first-order valence-electron chi connectivity index (χ1n) is 6.69. The molecule has 1 aromatic carbocycles. The standard InChI is InChI=1S/C15H13N3O4/c1-22-13-4-2-3-11(14(13)18(20)21)15(19)17-8-6-10-9-16-7-5-12(10)17/h2-5,7,9H,6,8H2,1H3. The van der Waals surface area contributed by atoms with Gasteiger partial charge in [0.1, 0.15) is 5.56 Å². The molecule has 1 aliphatic rings. The van der Waals surface area contributed by atoms with E-state index >= 15 is 0 Å². The number of anilines is 1. The van der Waals surface area contributed by atoms with Crippen LogP contribution < -0.4 is 9.64 Å². The number of amides is 1. The van der Waals surface area contributed by atoms with Crippen molar-refractivity contribution in [2.75, 3.05) is 18.6 Å². The van der Waals surface area contributed by atoms with Crippen molar-refractivity contribution in [1.82, 2.24) is 4.98 Å². The summed E-state index contributed by atoms with van der Waals surface area (Å²) in [5.41, 5.74) is 1.42. The molecule has 0 unspecified atom stereocenters. The normalized spacial score (nSPS) is 12.9. The van der Waals surface area contributed by atoms with Crippen LogP contribution in [0.4, 0.5) is 11.4 Å². The smallest absolute Gasteiger partial charge is 0.323 e. The molecular weight excluding hydrogens is 286 g/mol. The molecule has 1 aliphatic heterocycles. The highest BCUT2D eigenvalue weighted by atomic mass is 16.6. The minimum Gasteiger partial charge on any atom is -0.490 e. The van der Waals surface area contributed by atoms with Crippen LogP contribution in [0.1, 0.15) is 15.9 Å². The Morgan fingerprint density at radius 2 is 2.23 bits per heavy atom. The topological polar surface area (TPSA) is 85.6 Å². The second-order valence-electron chi connectivity index (χ2n) is 4.82. The number of nitro groups is 1. The van der Waals surface area contributed by atoms with Gasteiger partial charge in [0.05, 0.1) is 17.7 Å². The summed E-state index contributed by atoms with van der Waals surface area (Å²) in [5, 5.41) is 11.3. The van der Waals surface area contributed by atoms with Crippen LogP contribution in [0, 0.1) is 10.1 Å². The number of rotatable bonds is 3. The van der Waals surface area contributed by atoms with Gasteiger partial charge in [-0.05, 0) is 30.2 Å². The van der Waals surface area contributed by atoms with Gasteiger partial charge in [-0.1, -0.05) is 6.07 Å². The van der Waals surface area contributed by atoms with E-state index in [9.17, 15) is 14.9 Å². The predicted molar refractivity (Wildman–Crippen MR) is 79.3 cm³/mol. The number of para-hydroxylation sites is 1. The Morgan fingerprint density at radius 3 is 2.95 bits per heavy atom. The summed E-state index contributed by atoms with van der Waals surface area (Å²) in [4.78, 5) is 29.0. The van der Waals surface area contributed by atoms with E-state index in [1.165, 1.54) is 19.2 Å². The van der Waals surface area contributed by atoms with Gasteiger partial charge in [-0.2, -0.15) is 0 Å². The maximum Gasteiger partial charge on any atom is 0.323 e. The summed E-state index contributed by atoms with van der Waals surface area (Å²) < 4.78 is 5.01. The van der Waals surface area contributed by atoms with Crippen LogP contribution in [0.2, 0.25) is 0 Å². The molecule has 22 heavy (non-hydrogen) atoms. The Morgan fingerprint density at radius 1 is 1.41 bits per heavy atom. The average molecular weight is 299 g/mol. The number of benzene rings is 1. The van der Waals surface area contributed by atoms with Crippen molar-refractivity contribution in [2.24, 2.45) is 0 Å². The number of carbonyl (C=O) groups is 1. The van der Waals surface area contributed by atoms with E-state index in [-0.39, 0.29) is 17.0 Å². The van der Waals surface area contributed by atoms with Gasteiger partial charge in [0.2, 0.25) is 0 Å². The lowest BCUT2D eigenvalue weighted by Gasteiger charge is -2.17. The van der Waals surface area contributed by atoms with Gasteiger partial charge in [0.15, 0.2) is 5.75 Å². The highest BCUT2D eigenvalue weighted by Crippen LogP contribution is 2.34. The minimum absolute atomic E-state index is 0.0222. The summed E-state index contributed by atoms with van der Waals surface area (Å²) in [6, 6.07) is 6.23. The lowest BCUT2D eigenvalue weighted by atomic mass is 10.1. The molecule has 1 aromatic heterocycles. The van der Waals surface area contributed by atoms with Crippen molar-refractivity contribution in [3.05, 3.63) is 57.9 Å². The second kappa shape index (κ2) is 5.44. The quantitative estimate of drug-likeness (QED) is 0.640. The molecule has 0 atom stereocenters. The SMILES string of the molecule is COc1cccc(C(=O)N2CCc3cnccc32)c1[N+](=O)[O-]. The summed E-state index contributed by atoms with van der Waals surface area (Å²) in [6.45, 7) is 0.480. The van der Waals surface area contributed by atoms with Crippen LogP contribution in [0.3, 0.4) is 0 Å². The number of aromatic nitrogens is 1. The molecule has 112 valence electrons. The maximum absolute atomic E-state index is 12.7. The molecule has 0 bridgehead atoms. The molecular formula is C15H13N3O4. The Labute approximate surface area is 126 Å². The third-order valence-electron chi connectivity index (χ3n) is 3.65. The molecule has 7 heteroatoms. The summed E-state index contributed by atoms with van der Waals surface area (Å²) in [7, 11) is 1.34. The van der Waals surface area contributed by atoms with Crippen molar-refractivity contribution in [2.45, 2.75) is 6.42 Å². The van der Waals surface area contributed by atoms with E-state index in [4.69, 9.17) is 4.74 Å². The maximum atomic E-state index is 12.7. The second-order valence-corrected chi connectivity index (χ2v) is 4.82. The largest absolute Gasteiger partial charge is 0.490 e. The molecule has 0 aliphatic carbocycles. The Balaban J connectivity index is 2.06. The fourth-order valence-electron chi connectivity index (χ4n) is 2.63. The van der Waals surface area contributed by atoms with Crippen molar-refractivity contribution < 1.29 is 14.5 Å². The number of fused-ring (bicyclic) bond motifs is 1. The Kier molecular flexibility index (Phi) is 3.46. The number of pyridine rings is 1. The molecule has 2 aromatic rings. The zero-order chi connectivity index (χ0) is 15.7. The van der Waals surface area contributed by atoms with Crippen molar-refractivity contribution in [3.8, 4) is 5.75 Å². The third-order valence-corrected chi connectivity index (χ3v) is 3.65. The summed E-state index contributed by atoms with van der Waals surface area (Å²) in [6.07, 6.45) is 4.00. The zero-order valence-corrected chi connectivity index (χ0v) is 11.9.